The minimum Gasteiger partial charge on any atom is -0.0955 e. The average Bonchev–Trinajstić information content (AvgIpc) is 2.50. The molecule has 21 heavy (non-hydrogen) atoms. The van der Waals surface area contributed by atoms with Gasteiger partial charge in [0.2, 0.25) is 0 Å². The molecule has 1 saturated carbocycles. The van der Waals surface area contributed by atoms with Crippen molar-refractivity contribution >= 4 is 5.57 Å². The predicted molar refractivity (Wildman–Crippen MR) is 94.2 cm³/mol. The van der Waals surface area contributed by atoms with Crippen LogP contribution in [0.15, 0.2) is 54.6 Å². The Labute approximate surface area is 130 Å². The Morgan fingerprint density at radius 3 is 2.24 bits per heavy atom. The van der Waals surface area contributed by atoms with Gasteiger partial charge in [0.05, 0.1) is 0 Å². The normalized spacial score (nSPS) is 23.5. The summed E-state index contributed by atoms with van der Waals surface area (Å²) >= 11 is 0. The maximum Gasteiger partial charge on any atom is -0.0168 e. The Morgan fingerprint density at radius 2 is 1.67 bits per heavy atom. The molecule has 0 aromatic heterocycles. The molecule has 0 heteroatoms. The second-order valence-corrected chi connectivity index (χ2v) is 6.48. The van der Waals surface area contributed by atoms with Crippen molar-refractivity contribution in [1.82, 2.24) is 0 Å². The molecule has 0 spiro atoms. The molecule has 1 fully saturated rings. The van der Waals surface area contributed by atoms with E-state index < -0.39 is 0 Å². The molecule has 0 atom stereocenters. The molecule has 1 aromatic carbocycles. The van der Waals surface area contributed by atoms with Crippen molar-refractivity contribution in [3.8, 4) is 0 Å². The van der Waals surface area contributed by atoms with Gasteiger partial charge in [0.1, 0.15) is 0 Å². The van der Waals surface area contributed by atoms with Crippen LogP contribution in [0.2, 0.25) is 0 Å². The van der Waals surface area contributed by atoms with Crippen LogP contribution in [-0.2, 0) is 0 Å². The second-order valence-electron chi connectivity index (χ2n) is 6.48. The molecule has 0 heterocycles. The fourth-order valence-electron chi connectivity index (χ4n) is 3.07. The van der Waals surface area contributed by atoms with Gasteiger partial charge in [-0.25, -0.2) is 0 Å². The standard InChI is InChI=1S/C21H28/c1-5-19(21-13-8-17(3)9-14-21)15-10-18(4)20-11-6-16(2)7-12-20/h5,8-10,13-16,20H,4,6-7,11-12H2,1-3H3/b15-10-,19-5+. The fraction of sp³-hybridized carbons (Fsp3) is 0.429. The van der Waals surface area contributed by atoms with E-state index in [1.54, 1.807) is 0 Å². The van der Waals surface area contributed by atoms with Crippen molar-refractivity contribution < 1.29 is 0 Å². The fourth-order valence-corrected chi connectivity index (χ4v) is 3.07. The number of hydrogen-bond donors (Lipinski definition) is 0. The van der Waals surface area contributed by atoms with Crippen molar-refractivity contribution in [3.05, 3.63) is 65.8 Å². The molecule has 0 nitrogen and oxygen atoms in total. The van der Waals surface area contributed by atoms with Crippen LogP contribution in [0.4, 0.5) is 0 Å². The summed E-state index contributed by atoms with van der Waals surface area (Å²) in [4.78, 5) is 0. The lowest BCUT2D eigenvalue weighted by molar-refractivity contribution is 0.324. The van der Waals surface area contributed by atoms with Crippen LogP contribution in [0.25, 0.3) is 5.57 Å². The van der Waals surface area contributed by atoms with Crippen molar-refractivity contribution in [2.75, 3.05) is 0 Å². The van der Waals surface area contributed by atoms with E-state index in [0.29, 0.717) is 5.92 Å². The molecule has 0 saturated heterocycles. The molecule has 1 aliphatic rings. The molecular formula is C21H28. The summed E-state index contributed by atoms with van der Waals surface area (Å²) in [5.74, 6) is 1.59. The SMILES string of the molecule is C=C(/C=C\C(=C/C)c1ccc(C)cc1)C1CCC(C)CC1. The number of allylic oxidation sites excluding steroid dienone is 5. The molecule has 0 N–H and O–H groups in total. The van der Waals surface area contributed by atoms with Gasteiger partial charge < -0.3 is 0 Å². The van der Waals surface area contributed by atoms with Gasteiger partial charge in [-0.15, -0.1) is 0 Å². The lowest BCUT2D eigenvalue weighted by Crippen LogP contribution is -2.13. The monoisotopic (exact) mass is 280 g/mol. The predicted octanol–water partition coefficient (Wildman–Crippen LogP) is 6.34. The Bertz CT molecular complexity index is 520. The lowest BCUT2D eigenvalue weighted by atomic mass is 9.79. The molecule has 1 aliphatic carbocycles. The van der Waals surface area contributed by atoms with E-state index in [1.807, 2.05) is 0 Å². The van der Waals surface area contributed by atoms with Gasteiger partial charge in [0, 0.05) is 0 Å². The quantitative estimate of drug-likeness (QED) is 0.565. The van der Waals surface area contributed by atoms with Gasteiger partial charge in [-0.2, -0.15) is 0 Å². The Hall–Kier alpha value is -1.56. The summed E-state index contributed by atoms with van der Waals surface area (Å²) in [5.41, 5.74) is 5.16. The topological polar surface area (TPSA) is 0 Å². The van der Waals surface area contributed by atoms with Crippen LogP contribution >= 0.6 is 0 Å². The average molecular weight is 280 g/mol. The van der Waals surface area contributed by atoms with Crippen molar-refractivity contribution in [2.24, 2.45) is 11.8 Å². The van der Waals surface area contributed by atoms with Crippen molar-refractivity contribution in [1.29, 1.82) is 0 Å². The third-order valence-electron chi connectivity index (χ3n) is 4.71. The lowest BCUT2D eigenvalue weighted by Gasteiger charge is -2.26. The van der Waals surface area contributed by atoms with E-state index in [-0.39, 0.29) is 0 Å². The highest BCUT2D eigenvalue weighted by atomic mass is 14.2. The van der Waals surface area contributed by atoms with E-state index in [0.717, 1.165) is 5.92 Å². The van der Waals surface area contributed by atoms with E-state index in [1.165, 1.54) is 48.0 Å². The van der Waals surface area contributed by atoms with Crippen LogP contribution in [0, 0.1) is 18.8 Å². The highest BCUT2D eigenvalue weighted by Crippen LogP contribution is 2.33. The molecule has 0 bridgehead atoms. The van der Waals surface area contributed by atoms with Crippen LogP contribution in [0.3, 0.4) is 0 Å². The second kappa shape index (κ2) is 7.45. The zero-order chi connectivity index (χ0) is 15.2. The Morgan fingerprint density at radius 1 is 1.05 bits per heavy atom. The maximum absolute atomic E-state index is 4.30. The summed E-state index contributed by atoms with van der Waals surface area (Å²) in [6.07, 6.45) is 12.0. The van der Waals surface area contributed by atoms with Crippen molar-refractivity contribution in [2.45, 2.75) is 46.5 Å². The summed E-state index contributed by atoms with van der Waals surface area (Å²) in [6.45, 7) is 10.9. The summed E-state index contributed by atoms with van der Waals surface area (Å²) in [5, 5.41) is 0. The van der Waals surface area contributed by atoms with Gasteiger partial charge in [0.15, 0.2) is 0 Å². The van der Waals surface area contributed by atoms with Gasteiger partial charge in [0.25, 0.3) is 0 Å². The number of aryl methyl sites for hydroxylation is 1. The molecule has 2 rings (SSSR count). The zero-order valence-corrected chi connectivity index (χ0v) is 13.7. The summed E-state index contributed by atoms with van der Waals surface area (Å²) in [6, 6.07) is 8.73. The van der Waals surface area contributed by atoms with Crippen LogP contribution < -0.4 is 0 Å². The van der Waals surface area contributed by atoms with Gasteiger partial charge in [-0.05, 0) is 49.7 Å². The third kappa shape index (κ3) is 4.46. The first kappa shape index (κ1) is 15.8. The van der Waals surface area contributed by atoms with Crippen LogP contribution in [0.5, 0.6) is 0 Å². The van der Waals surface area contributed by atoms with E-state index >= 15 is 0 Å². The number of hydrogen-bond acceptors (Lipinski definition) is 0. The highest BCUT2D eigenvalue weighted by molar-refractivity contribution is 5.74. The molecule has 0 aliphatic heterocycles. The highest BCUT2D eigenvalue weighted by Gasteiger charge is 2.19. The smallest absolute Gasteiger partial charge is 0.0168 e. The Kier molecular flexibility index (Phi) is 5.61. The molecule has 0 radical (unpaired) electrons. The molecule has 0 unspecified atom stereocenters. The molecular weight excluding hydrogens is 252 g/mol. The molecule has 0 amide bonds. The van der Waals surface area contributed by atoms with Gasteiger partial charge in [-0.1, -0.05) is 80.0 Å². The molecule has 1 aromatic rings. The van der Waals surface area contributed by atoms with Gasteiger partial charge in [-0.3, -0.25) is 0 Å². The van der Waals surface area contributed by atoms with Crippen molar-refractivity contribution in [3.63, 3.8) is 0 Å². The minimum atomic E-state index is 0.688. The molecule has 112 valence electrons. The summed E-state index contributed by atoms with van der Waals surface area (Å²) < 4.78 is 0. The van der Waals surface area contributed by atoms with Crippen LogP contribution in [0.1, 0.15) is 50.7 Å². The van der Waals surface area contributed by atoms with E-state index in [4.69, 9.17) is 0 Å². The minimum absolute atomic E-state index is 0.688. The maximum atomic E-state index is 4.30. The summed E-state index contributed by atoms with van der Waals surface area (Å²) in [7, 11) is 0. The number of rotatable bonds is 4. The van der Waals surface area contributed by atoms with Crippen LogP contribution in [-0.4, -0.2) is 0 Å². The zero-order valence-electron chi connectivity index (χ0n) is 13.7. The first-order valence-electron chi connectivity index (χ1n) is 8.20. The van der Waals surface area contributed by atoms with Gasteiger partial charge >= 0.3 is 0 Å². The number of benzene rings is 1. The van der Waals surface area contributed by atoms with E-state index in [9.17, 15) is 0 Å². The third-order valence-corrected chi connectivity index (χ3v) is 4.71. The largest absolute Gasteiger partial charge is 0.0955 e. The van der Waals surface area contributed by atoms with E-state index in [2.05, 4.69) is 69.8 Å². The first-order valence-corrected chi connectivity index (χ1v) is 8.20. The Balaban J connectivity index is 2.01. The first-order chi connectivity index (χ1) is 10.1.